The van der Waals surface area contributed by atoms with E-state index in [2.05, 4.69) is 4.98 Å². The first-order valence-corrected chi connectivity index (χ1v) is 7.49. The highest BCUT2D eigenvalue weighted by molar-refractivity contribution is 5.78. The molecule has 0 saturated carbocycles. The molecule has 1 aromatic heterocycles. The van der Waals surface area contributed by atoms with E-state index in [9.17, 15) is 4.79 Å². The summed E-state index contributed by atoms with van der Waals surface area (Å²) in [5, 5.41) is 0. The molecule has 2 heterocycles. The van der Waals surface area contributed by atoms with Gasteiger partial charge in [-0.05, 0) is 44.0 Å². The van der Waals surface area contributed by atoms with Crippen molar-refractivity contribution in [3.63, 3.8) is 0 Å². The fourth-order valence-corrected chi connectivity index (χ4v) is 2.54. The van der Waals surface area contributed by atoms with Crippen molar-refractivity contribution in [2.24, 2.45) is 0 Å². The van der Waals surface area contributed by atoms with E-state index in [1.807, 2.05) is 51.1 Å². The maximum Gasteiger partial charge on any atom is 0.313 e. The summed E-state index contributed by atoms with van der Waals surface area (Å²) in [6.45, 7) is 5.58. The van der Waals surface area contributed by atoms with E-state index >= 15 is 0 Å². The topological polar surface area (TPSA) is 48.4 Å². The van der Waals surface area contributed by atoms with Gasteiger partial charge in [0, 0.05) is 18.2 Å². The molecule has 0 amide bonds. The second-order valence-corrected chi connectivity index (χ2v) is 5.82. The highest BCUT2D eigenvalue weighted by Crippen LogP contribution is 2.36. The van der Waals surface area contributed by atoms with Crippen LogP contribution in [0.5, 0.6) is 11.6 Å². The van der Waals surface area contributed by atoms with Crippen LogP contribution in [0.25, 0.3) is 0 Å². The van der Waals surface area contributed by atoms with E-state index < -0.39 is 0 Å². The molecule has 4 heteroatoms. The maximum atomic E-state index is 12.1. The number of ether oxygens (including phenoxy) is 2. The minimum Gasteiger partial charge on any atom is -0.463 e. The third-order valence-electron chi connectivity index (χ3n) is 3.73. The molecule has 0 saturated heterocycles. The largest absolute Gasteiger partial charge is 0.463 e. The van der Waals surface area contributed by atoms with Crippen LogP contribution in [0.15, 0.2) is 36.5 Å². The Kier molecular flexibility index (Phi) is 3.84. The number of carbonyl (C=O) groups excluding carboxylic acids is 1. The Morgan fingerprint density at radius 1 is 1.23 bits per heavy atom. The standard InChI is InChI=1S/C18H19NO3/c1-11(2)21-18(20)12(3)13-6-7-16-15(9-13)10-14-5-4-8-19-17(14)22-16/h4-9,11-12H,10H2,1-3H3. The van der Waals surface area contributed by atoms with Gasteiger partial charge >= 0.3 is 5.97 Å². The van der Waals surface area contributed by atoms with Gasteiger partial charge in [0.15, 0.2) is 0 Å². The molecule has 114 valence electrons. The number of benzene rings is 1. The Morgan fingerprint density at radius 3 is 2.82 bits per heavy atom. The normalized spacial score (nSPS) is 13.8. The van der Waals surface area contributed by atoms with Gasteiger partial charge in [-0.25, -0.2) is 4.98 Å². The molecule has 0 N–H and O–H groups in total. The molecular formula is C18H19NO3. The van der Waals surface area contributed by atoms with Gasteiger partial charge in [0.1, 0.15) is 5.75 Å². The van der Waals surface area contributed by atoms with E-state index in [1.54, 1.807) is 6.20 Å². The van der Waals surface area contributed by atoms with Crippen molar-refractivity contribution in [3.8, 4) is 11.6 Å². The number of aromatic nitrogens is 1. The highest BCUT2D eigenvalue weighted by atomic mass is 16.5. The summed E-state index contributed by atoms with van der Waals surface area (Å²) in [7, 11) is 0. The zero-order valence-electron chi connectivity index (χ0n) is 13.0. The number of hydrogen-bond acceptors (Lipinski definition) is 4. The van der Waals surface area contributed by atoms with Gasteiger partial charge in [-0.3, -0.25) is 4.79 Å². The molecule has 0 aliphatic carbocycles. The van der Waals surface area contributed by atoms with Crippen LogP contribution in [0.1, 0.15) is 43.4 Å². The Labute approximate surface area is 130 Å². The molecule has 1 aliphatic heterocycles. The lowest BCUT2D eigenvalue weighted by Gasteiger charge is -2.21. The van der Waals surface area contributed by atoms with Crippen LogP contribution in [0.4, 0.5) is 0 Å². The lowest BCUT2D eigenvalue weighted by atomic mass is 9.95. The van der Waals surface area contributed by atoms with E-state index in [0.29, 0.717) is 5.88 Å². The summed E-state index contributed by atoms with van der Waals surface area (Å²) in [4.78, 5) is 16.3. The quantitative estimate of drug-likeness (QED) is 0.689. The molecular weight excluding hydrogens is 278 g/mol. The van der Waals surface area contributed by atoms with Crippen molar-refractivity contribution in [2.45, 2.75) is 39.2 Å². The zero-order valence-corrected chi connectivity index (χ0v) is 13.0. The lowest BCUT2D eigenvalue weighted by Crippen LogP contribution is -2.18. The van der Waals surface area contributed by atoms with E-state index in [0.717, 1.165) is 28.9 Å². The molecule has 0 radical (unpaired) electrons. The summed E-state index contributed by atoms with van der Waals surface area (Å²) in [6.07, 6.45) is 2.38. The Bertz CT molecular complexity index is 709. The molecule has 1 atom stereocenters. The summed E-state index contributed by atoms with van der Waals surface area (Å²) < 4.78 is 11.1. The first-order valence-electron chi connectivity index (χ1n) is 7.49. The van der Waals surface area contributed by atoms with Crippen molar-refractivity contribution in [2.75, 3.05) is 0 Å². The number of rotatable bonds is 3. The minimum absolute atomic E-state index is 0.103. The van der Waals surface area contributed by atoms with Gasteiger partial charge in [-0.15, -0.1) is 0 Å². The molecule has 22 heavy (non-hydrogen) atoms. The molecule has 0 fully saturated rings. The van der Waals surface area contributed by atoms with Crippen LogP contribution < -0.4 is 4.74 Å². The van der Waals surface area contributed by atoms with Gasteiger partial charge in [0.25, 0.3) is 0 Å². The summed E-state index contributed by atoms with van der Waals surface area (Å²) in [5.41, 5.74) is 3.08. The average Bonchev–Trinajstić information content (AvgIpc) is 2.51. The number of hydrogen-bond donors (Lipinski definition) is 0. The maximum absolute atomic E-state index is 12.1. The van der Waals surface area contributed by atoms with Crippen LogP contribution in [-0.2, 0) is 16.0 Å². The summed E-state index contributed by atoms with van der Waals surface area (Å²) in [5.74, 6) is 0.978. The van der Waals surface area contributed by atoms with Gasteiger partial charge in [-0.2, -0.15) is 0 Å². The number of fused-ring (bicyclic) bond motifs is 2. The number of pyridine rings is 1. The second-order valence-electron chi connectivity index (χ2n) is 5.82. The van der Waals surface area contributed by atoms with E-state index in [4.69, 9.17) is 9.47 Å². The molecule has 3 rings (SSSR count). The van der Waals surface area contributed by atoms with E-state index in [1.165, 1.54) is 0 Å². The Balaban J connectivity index is 1.85. The molecule has 0 spiro atoms. The first-order chi connectivity index (χ1) is 10.5. The second kappa shape index (κ2) is 5.79. The number of esters is 1. The van der Waals surface area contributed by atoms with Crippen LogP contribution in [0, 0.1) is 0 Å². The van der Waals surface area contributed by atoms with Gasteiger partial charge in [0.05, 0.1) is 12.0 Å². The fraction of sp³-hybridized carbons (Fsp3) is 0.333. The molecule has 2 aromatic rings. The van der Waals surface area contributed by atoms with Crippen LogP contribution in [0.2, 0.25) is 0 Å². The monoisotopic (exact) mass is 297 g/mol. The lowest BCUT2D eigenvalue weighted by molar-refractivity contribution is -0.148. The smallest absolute Gasteiger partial charge is 0.313 e. The predicted molar refractivity (Wildman–Crippen MR) is 83.2 cm³/mol. The molecule has 4 nitrogen and oxygen atoms in total. The van der Waals surface area contributed by atoms with Crippen molar-refractivity contribution < 1.29 is 14.3 Å². The minimum atomic E-state index is -0.289. The first kappa shape index (κ1) is 14.6. The van der Waals surface area contributed by atoms with E-state index in [-0.39, 0.29) is 18.0 Å². The molecule has 1 aromatic carbocycles. The third kappa shape index (κ3) is 2.82. The zero-order chi connectivity index (χ0) is 15.7. The molecule has 1 aliphatic rings. The SMILES string of the molecule is CC(C)OC(=O)C(C)c1ccc2c(c1)Cc1cccnc1O2. The third-order valence-corrected chi connectivity index (χ3v) is 3.73. The average molecular weight is 297 g/mol. The van der Waals surface area contributed by atoms with Crippen LogP contribution in [-0.4, -0.2) is 17.1 Å². The van der Waals surface area contributed by atoms with Gasteiger partial charge in [-0.1, -0.05) is 18.2 Å². The van der Waals surface area contributed by atoms with Crippen molar-refractivity contribution in [1.29, 1.82) is 0 Å². The summed E-state index contributed by atoms with van der Waals surface area (Å²) >= 11 is 0. The number of carbonyl (C=O) groups is 1. The van der Waals surface area contributed by atoms with Crippen LogP contribution >= 0.6 is 0 Å². The van der Waals surface area contributed by atoms with Gasteiger partial charge < -0.3 is 9.47 Å². The Hall–Kier alpha value is -2.36. The number of nitrogens with zero attached hydrogens (tertiary/aromatic N) is 1. The summed E-state index contributed by atoms with van der Waals surface area (Å²) in [6, 6.07) is 9.76. The fourth-order valence-electron chi connectivity index (χ4n) is 2.54. The molecule has 1 unspecified atom stereocenters. The Morgan fingerprint density at radius 2 is 2.05 bits per heavy atom. The van der Waals surface area contributed by atoms with Gasteiger partial charge in [0.2, 0.25) is 5.88 Å². The molecule has 0 bridgehead atoms. The van der Waals surface area contributed by atoms with Crippen LogP contribution in [0.3, 0.4) is 0 Å². The van der Waals surface area contributed by atoms with Crippen molar-refractivity contribution in [3.05, 3.63) is 53.2 Å². The highest BCUT2D eigenvalue weighted by Gasteiger charge is 2.22. The van der Waals surface area contributed by atoms with Crippen molar-refractivity contribution in [1.82, 2.24) is 4.98 Å². The van der Waals surface area contributed by atoms with Crippen molar-refractivity contribution >= 4 is 5.97 Å². The predicted octanol–water partition coefficient (Wildman–Crippen LogP) is 3.83.